The highest BCUT2D eigenvalue weighted by atomic mass is 32.2. The third-order valence-electron chi connectivity index (χ3n) is 0.121. The van der Waals surface area contributed by atoms with Crippen molar-refractivity contribution in [3.05, 3.63) is 0 Å². The summed E-state index contributed by atoms with van der Waals surface area (Å²) in [6, 6.07) is 0. The van der Waals surface area contributed by atoms with Crippen molar-refractivity contribution in [2.45, 2.75) is 0 Å². The molecule has 0 bridgehead atoms. The van der Waals surface area contributed by atoms with Crippen molar-refractivity contribution >= 4 is 24.9 Å². The van der Waals surface area contributed by atoms with E-state index < -0.39 is 0 Å². The number of nitrogens with two attached hydrogens (primary N) is 1. The van der Waals surface area contributed by atoms with Crippen LogP contribution in [0.3, 0.4) is 0 Å². The summed E-state index contributed by atoms with van der Waals surface area (Å²) < 4.78 is 4.22. The van der Waals surface area contributed by atoms with Gasteiger partial charge < -0.3 is 4.18 Å². The van der Waals surface area contributed by atoms with Crippen LogP contribution in [-0.2, 0) is 4.18 Å². The molecule has 0 amide bonds. The Morgan fingerprint density at radius 3 is 2.60 bits per heavy atom. The molecule has 0 fully saturated rings. The Labute approximate surface area is 40.8 Å². The quantitative estimate of drug-likeness (QED) is 0.234. The molecule has 0 aliphatic rings. The molecule has 0 aliphatic heterocycles. The van der Waals surface area contributed by atoms with Gasteiger partial charge in [-0.1, -0.05) is 11.9 Å². The minimum atomic E-state index is 0.448. The van der Waals surface area contributed by atoms with Crippen molar-refractivity contribution in [1.82, 2.24) is 0 Å². The third kappa shape index (κ3) is 4.62. The molecule has 4 heteroatoms. The van der Waals surface area contributed by atoms with Crippen LogP contribution in [0.25, 0.3) is 0 Å². The zero-order chi connectivity index (χ0) is 4.12. The lowest BCUT2D eigenvalue weighted by molar-refractivity contribution is 0.474. The summed E-state index contributed by atoms with van der Waals surface area (Å²) in [5.74, 6) is 0.448. The summed E-state index contributed by atoms with van der Waals surface area (Å²) in [5.41, 5.74) is 0. The predicted octanol–water partition coefficient (Wildman–Crippen LogP) is 0.412. The number of hydrogen-bond donors (Lipinski definition) is 2. The predicted molar refractivity (Wildman–Crippen MR) is 26.7 cm³/mol. The van der Waals surface area contributed by atoms with Gasteiger partial charge in [-0.05, 0) is 12.9 Å². The minimum absolute atomic E-state index is 0.448. The highest BCUT2D eigenvalue weighted by Crippen LogP contribution is 1.86. The van der Waals surface area contributed by atoms with Crippen molar-refractivity contribution in [2.75, 3.05) is 5.94 Å². The summed E-state index contributed by atoms with van der Waals surface area (Å²) in [6.07, 6.45) is 0. The van der Waals surface area contributed by atoms with Crippen molar-refractivity contribution in [1.29, 1.82) is 0 Å². The van der Waals surface area contributed by atoms with Gasteiger partial charge in [0.2, 0.25) is 0 Å². The first kappa shape index (κ1) is 5.62. The summed E-state index contributed by atoms with van der Waals surface area (Å²) in [5, 5.41) is 4.88. The van der Waals surface area contributed by atoms with E-state index in [-0.39, 0.29) is 0 Å². The second-order valence-corrected chi connectivity index (χ2v) is 1.24. The Hall–Kier alpha value is 0.620. The van der Waals surface area contributed by atoms with Crippen LogP contribution in [0.2, 0.25) is 0 Å². The summed E-state index contributed by atoms with van der Waals surface area (Å²) in [7, 11) is 0. The monoisotopic (exact) mass is 111 g/mol. The topological polar surface area (TPSA) is 35.2 Å². The van der Waals surface area contributed by atoms with Gasteiger partial charge in [0, 0.05) is 0 Å². The molecule has 0 saturated heterocycles. The Kier molecular flexibility index (Phi) is 5.19. The Morgan fingerprint density at radius 1 is 2.00 bits per heavy atom. The number of thiol groups is 1. The average molecular weight is 111 g/mol. The molecule has 0 spiro atoms. The molecule has 2 nitrogen and oxygen atoms in total. The largest absolute Gasteiger partial charge is 0.307 e. The summed E-state index contributed by atoms with van der Waals surface area (Å²) >= 11 is 4.50. The van der Waals surface area contributed by atoms with Gasteiger partial charge >= 0.3 is 0 Å². The Bertz CT molecular complexity index is 17.1. The van der Waals surface area contributed by atoms with E-state index in [0.29, 0.717) is 5.94 Å². The van der Waals surface area contributed by atoms with Gasteiger partial charge in [-0.25, -0.2) is 0 Å². The molecule has 2 N–H and O–H groups in total. The van der Waals surface area contributed by atoms with E-state index in [1.807, 2.05) is 0 Å². The molecule has 0 saturated carbocycles. The molecule has 0 aliphatic carbocycles. The molecular weight excluding hydrogens is 106 g/mol. The van der Waals surface area contributed by atoms with Crippen molar-refractivity contribution in [3.63, 3.8) is 0 Å². The molecule has 0 aromatic heterocycles. The van der Waals surface area contributed by atoms with Gasteiger partial charge in [0.1, 0.15) is 5.94 Å². The van der Waals surface area contributed by atoms with Gasteiger partial charge in [0.15, 0.2) is 0 Å². The lowest BCUT2D eigenvalue weighted by atomic mass is 11.7. The second kappa shape index (κ2) is 4.62. The molecule has 0 heterocycles. The fraction of sp³-hybridized carbons (Fsp3) is 1.00. The van der Waals surface area contributed by atoms with Crippen LogP contribution in [0.5, 0.6) is 0 Å². The molecule has 0 unspecified atom stereocenters. The fourth-order valence-electron chi connectivity index (χ4n) is 0.0304. The highest BCUT2D eigenvalue weighted by Gasteiger charge is 1.67. The first-order valence-electron chi connectivity index (χ1n) is 0.996. The van der Waals surface area contributed by atoms with E-state index in [9.17, 15) is 0 Å². The average Bonchev–Trinajstić information content (AvgIpc) is 1.41. The molecule has 0 aromatic carbocycles. The standard InChI is InChI=1S/CH5NOS2/c2-5-1-3-4/h4H,1-2H2. The maximum absolute atomic E-state index is 4.88. The molecule has 0 radical (unpaired) electrons. The van der Waals surface area contributed by atoms with Gasteiger partial charge in [-0.2, -0.15) is 0 Å². The lowest BCUT2D eigenvalue weighted by Gasteiger charge is -1.82. The SMILES string of the molecule is NSCOS. The van der Waals surface area contributed by atoms with E-state index in [1.165, 1.54) is 0 Å². The van der Waals surface area contributed by atoms with Crippen LogP contribution in [0, 0.1) is 0 Å². The van der Waals surface area contributed by atoms with Crippen LogP contribution >= 0.6 is 24.9 Å². The summed E-state index contributed by atoms with van der Waals surface area (Å²) in [6.45, 7) is 0. The van der Waals surface area contributed by atoms with Gasteiger partial charge in [0.25, 0.3) is 0 Å². The van der Waals surface area contributed by atoms with Crippen molar-refractivity contribution in [3.8, 4) is 0 Å². The fourth-order valence-corrected chi connectivity index (χ4v) is 0.274. The van der Waals surface area contributed by atoms with Crippen molar-refractivity contribution in [2.24, 2.45) is 5.14 Å². The maximum atomic E-state index is 4.88. The molecule has 32 valence electrons. The maximum Gasteiger partial charge on any atom is 0.120 e. The van der Waals surface area contributed by atoms with E-state index in [1.54, 1.807) is 0 Å². The lowest BCUT2D eigenvalue weighted by Crippen LogP contribution is -1.80. The molecular formula is CH5NOS2. The first-order chi connectivity index (χ1) is 2.41. The second-order valence-electron chi connectivity index (χ2n) is 0.414. The van der Waals surface area contributed by atoms with Gasteiger partial charge in [-0.3, -0.25) is 5.14 Å². The minimum Gasteiger partial charge on any atom is -0.307 e. The van der Waals surface area contributed by atoms with Crippen molar-refractivity contribution < 1.29 is 4.18 Å². The van der Waals surface area contributed by atoms with Crippen LogP contribution < -0.4 is 5.14 Å². The third-order valence-corrected chi connectivity index (χ3v) is 0.678. The first-order valence-corrected chi connectivity index (χ1v) is 2.41. The zero-order valence-corrected chi connectivity index (χ0v) is 4.26. The van der Waals surface area contributed by atoms with Crippen LogP contribution in [-0.4, -0.2) is 5.94 Å². The van der Waals surface area contributed by atoms with E-state index in [2.05, 4.69) is 17.1 Å². The summed E-state index contributed by atoms with van der Waals surface area (Å²) in [4.78, 5) is 0. The Morgan fingerprint density at radius 2 is 2.60 bits per heavy atom. The van der Waals surface area contributed by atoms with E-state index >= 15 is 0 Å². The normalized spacial score (nSPS) is 8.40. The number of hydrogen-bond acceptors (Lipinski definition) is 4. The molecule has 0 aromatic rings. The van der Waals surface area contributed by atoms with Crippen LogP contribution in [0.4, 0.5) is 0 Å². The van der Waals surface area contributed by atoms with Gasteiger partial charge in [0.05, 0.1) is 0 Å². The zero-order valence-electron chi connectivity index (χ0n) is 2.55. The smallest absolute Gasteiger partial charge is 0.120 e. The van der Waals surface area contributed by atoms with E-state index in [4.69, 9.17) is 5.14 Å². The Balaban J connectivity index is 2.19. The molecule has 0 rings (SSSR count). The number of rotatable bonds is 2. The highest BCUT2D eigenvalue weighted by molar-refractivity contribution is 7.97. The molecule has 0 atom stereocenters. The van der Waals surface area contributed by atoms with E-state index in [0.717, 1.165) is 11.9 Å². The van der Waals surface area contributed by atoms with Crippen LogP contribution in [0.1, 0.15) is 0 Å². The van der Waals surface area contributed by atoms with Gasteiger partial charge in [-0.15, -0.1) is 0 Å². The van der Waals surface area contributed by atoms with Crippen LogP contribution in [0.15, 0.2) is 0 Å². The molecule has 5 heavy (non-hydrogen) atoms.